The summed E-state index contributed by atoms with van der Waals surface area (Å²) in [6, 6.07) is 0. The molecule has 4 nitrogen and oxygen atoms in total. The van der Waals surface area contributed by atoms with Crippen LogP contribution in [0.5, 0.6) is 0 Å². The van der Waals surface area contributed by atoms with Gasteiger partial charge in [0.15, 0.2) is 0 Å². The second kappa shape index (κ2) is 5.56. The number of piperidine rings is 1. The minimum Gasteiger partial charge on any atom is -0.316 e. The predicted octanol–water partition coefficient (Wildman–Crippen LogP) is 0.555. The molecular weight excluding hydrogens is 248 g/mol. The van der Waals surface area contributed by atoms with Crippen molar-refractivity contribution in [1.29, 1.82) is 0 Å². The van der Waals surface area contributed by atoms with Crippen LogP contribution in [0.2, 0.25) is 0 Å². The molecule has 0 aromatic heterocycles. The first-order chi connectivity index (χ1) is 9.51. The van der Waals surface area contributed by atoms with E-state index in [0.717, 1.165) is 5.41 Å². The molecule has 20 heavy (non-hydrogen) atoms. The van der Waals surface area contributed by atoms with Gasteiger partial charge in [-0.25, -0.2) is 0 Å². The molecule has 4 rings (SSSR count). The average Bonchev–Trinajstić information content (AvgIpc) is 2.81. The Morgan fingerprint density at radius 3 is 1.70 bits per heavy atom. The third-order valence-corrected chi connectivity index (χ3v) is 5.80. The van der Waals surface area contributed by atoms with Gasteiger partial charge in [-0.1, -0.05) is 0 Å². The van der Waals surface area contributed by atoms with E-state index in [-0.39, 0.29) is 0 Å². The van der Waals surface area contributed by atoms with Gasteiger partial charge in [-0.3, -0.25) is 0 Å². The van der Waals surface area contributed by atoms with Gasteiger partial charge in [-0.15, -0.1) is 0 Å². The summed E-state index contributed by atoms with van der Waals surface area (Å²) < 4.78 is 0. The maximum Gasteiger partial charge on any atom is 0.00940 e. The summed E-state index contributed by atoms with van der Waals surface area (Å²) in [4.78, 5) is 7.28. The predicted molar refractivity (Wildman–Crippen MR) is 84.1 cm³/mol. The summed E-state index contributed by atoms with van der Waals surface area (Å²) in [5.74, 6) is 0. The smallest absolute Gasteiger partial charge is 0.00940 e. The van der Waals surface area contributed by atoms with Gasteiger partial charge in [0.05, 0.1) is 0 Å². The molecule has 0 unspecified atom stereocenters. The van der Waals surface area contributed by atoms with Crippen LogP contribution < -0.4 is 5.32 Å². The standard InChI is InChI=1S/C9H18N2.C7H14N2/c1-10-5-3-9(4-6-10)7-11(2)8-9;1-9-5-7(6-9)2-3-8-4-7/h3-8H2,1-2H3;8H,2-6H2,1H3. The number of likely N-dealkylation sites (tertiary alicyclic amines) is 3. The molecule has 0 atom stereocenters. The molecule has 116 valence electrons. The van der Waals surface area contributed by atoms with E-state index in [1.807, 2.05) is 0 Å². The average molecular weight is 280 g/mol. The minimum absolute atomic E-state index is 0.703. The summed E-state index contributed by atoms with van der Waals surface area (Å²) >= 11 is 0. The Bertz CT molecular complexity index is 313. The van der Waals surface area contributed by atoms with Crippen LogP contribution >= 0.6 is 0 Å². The monoisotopic (exact) mass is 280 g/mol. The lowest BCUT2D eigenvalue weighted by Crippen LogP contribution is -2.58. The molecule has 0 aliphatic carbocycles. The molecule has 0 aromatic rings. The molecule has 0 aromatic carbocycles. The lowest BCUT2D eigenvalue weighted by molar-refractivity contribution is -0.0264. The first-order valence-corrected chi connectivity index (χ1v) is 8.27. The molecule has 4 aliphatic rings. The first-order valence-electron chi connectivity index (χ1n) is 8.27. The Morgan fingerprint density at radius 2 is 1.25 bits per heavy atom. The number of hydrogen-bond donors (Lipinski definition) is 1. The van der Waals surface area contributed by atoms with Gasteiger partial charge in [0.1, 0.15) is 0 Å². The van der Waals surface area contributed by atoms with E-state index in [2.05, 4.69) is 41.2 Å². The second-order valence-electron chi connectivity index (χ2n) is 8.07. The summed E-state index contributed by atoms with van der Waals surface area (Å²) in [5, 5.41) is 3.41. The van der Waals surface area contributed by atoms with Crippen LogP contribution in [0, 0.1) is 10.8 Å². The summed E-state index contributed by atoms with van der Waals surface area (Å²) in [6.07, 6.45) is 4.25. The van der Waals surface area contributed by atoms with Crippen molar-refractivity contribution < 1.29 is 0 Å². The number of nitrogens with zero attached hydrogens (tertiary/aromatic N) is 3. The van der Waals surface area contributed by atoms with Crippen LogP contribution in [-0.4, -0.2) is 88.2 Å². The zero-order chi connectivity index (χ0) is 14.2. The fraction of sp³-hybridized carbons (Fsp3) is 1.00. The fourth-order valence-corrected chi connectivity index (χ4v) is 4.67. The van der Waals surface area contributed by atoms with Crippen LogP contribution in [0.4, 0.5) is 0 Å². The lowest BCUT2D eigenvalue weighted by atomic mass is 9.72. The number of nitrogens with one attached hydrogen (secondary N) is 1. The van der Waals surface area contributed by atoms with Gasteiger partial charge >= 0.3 is 0 Å². The summed E-state index contributed by atoms with van der Waals surface area (Å²) in [6.45, 7) is 10.5. The molecule has 1 N–H and O–H groups in total. The quantitative estimate of drug-likeness (QED) is 0.700. The highest BCUT2D eigenvalue weighted by Gasteiger charge is 2.43. The van der Waals surface area contributed by atoms with Crippen molar-refractivity contribution in [1.82, 2.24) is 20.0 Å². The zero-order valence-electron chi connectivity index (χ0n) is 13.6. The molecule has 4 saturated heterocycles. The van der Waals surface area contributed by atoms with Gasteiger partial charge in [-0.05, 0) is 65.5 Å². The van der Waals surface area contributed by atoms with Crippen molar-refractivity contribution in [3.8, 4) is 0 Å². The van der Waals surface area contributed by atoms with E-state index in [1.54, 1.807) is 0 Å². The van der Waals surface area contributed by atoms with E-state index in [0.29, 0.717) is 5.41 Å². The molecule has 2 spiro atoms. The summed E-state index contributed by atoms with van der Waals surface area (Å²) in [7, 11) is 6.66. The summed E-state index contributed by atoms with van der Waals surface area (Å²) in [5.41, 5.74) is 1.44. The van der Waals surface area contributed by atoms with Crippen molar-refractivity contribution in [2.75, 3.05) is 73.5 Å². The maximum atomic E-state index is 3.41. The molecule has 0 amide bonds. The van der Waals surface area contributed by atoms with Gasteiger partial charge in [0.25, 0.3) is 0 Å². The molecule has 4 fully saturated rings. The van der Waals surface area contributed by atoms with Crippen LogP contribution in [-0.2, 0) is 0 Å². The minimum atomic E-state index is 0.703. The largest absolute Gasteiger partial charge is 0.316 e. The van der Waals surface area contributed by atoms with Crippen LogP contribution in [0.15, 0.2) is 0 Å². The molecule has 0 radical (unpaired) electrons. The van der Waals surface area contributed by atoms with E-state index in [9.17, 15) is 0 Å². The van der Waals surface area contributed by atoms with Crippen molar-refractivity contribution >= 4 is 0 Å². The molecule has 4 heteroatoms. The molecule has 0 saturated carbocycles. The highest BCUT2D eigenvalue weighted by molar-refractivity contribution is 4.98. The van der Waals surface area contributed by atoms with Gasteiger partial charge in [-0.2, -0.15) is 0 Å². The Labute approximate surface area is 124 Å². The van der Waals surface area contributed by atoms with Gasteiger partial charge in [0.2, 0.25) is 0 Å². The van der Waals surface area contributed by atoms with E-state index < -0.39 is 0 Å². The third-order valence-electron chi connectivity index (χ3n) is 5.80. The van der Waals surface area contributed by atoms with Crippen LogP contribution in [0.3, 0.4) is 0 Å². The van der Waals surface area contributed by atoms with E-state index in [1.165, 1.54) is 71.6 Å². The zero-order valence-corrected chi connectivity index (χ0v) is 13.6. The fourth-order valence-electron chi connectivity index (χ4n) is 4.67. The molecule has 4 heterocycles. The van der Waals surface area contributed by atoms with Crippen LogP contribution in [0.1, 0.15) is 19.3 Å². The van der Waals surface area contributed by atoms with Gasteiger partial charge in [0, 0.05) is 38.1 Å². The third kappa shape index (κ3) is 3.03. The Morgan fingerprint density at radius 1 is 0.700 bits per heavy atom. The van der Waals surface area contributed by atoms with Crippen molar-refractivity contribution in [2.45, 2.75) is 19.3 Å². The highest BCUT2D eigenvalue weighted by Crippen LogP contribution is 2.38. The molecule has 0 bridgehead atoms. The maximum absolute atomic E-state index is 3.41. The van der Waals surface area contributed by atoms with Crippen molar-refractivity contribution in [2.24, 2.45) is 10.8 Å². The van der Waals surface area contributed by atoms with Crippen LogP contribution in [0.25, 0.3) is 0 Å². The van der Waals surface area contributed by atoms with E-state index >= 15 is 0 Å². The van der Waals surface area contributed by atoms with Crippen molar-refractivity contribution in [3.63, 3.8) is 0 Å². The Kier molecular flexibility index (Phi) is 4.10. The lowest BCUT2D eigenvalue weighted by Gasteiger charge is -2.52. The number of hydrogen-bond acceptors (Lipinski definition) is 4. The Hall–Kier alpha value is -0.160. The molecule has 4 aliphatic heterocycles. The highest BCUT2D eigenvalue weighted by atomic mass is 15.2. The molecular formula is C16H32N4. The van der Waals surface area contributed by atoms with Gasteiger partial charge < -0.3 is 20.0 Å². The van der Waals surface area contributed by atoms with E-state index in [4.69, 9.17) is 0 Å². The first kappa shape index (κ1) is 14.8. The second-order valence-corrected chi connectivity index (χ2v) is 8.07. The number of rotatable bonds is 0. The topological polar surface area (TPSA) is 21.8 Å². The Balaban J connectivity index is 0.000000123. The SMILES string of the molecule is CN1CC2(CCNC2)C1.CN1CCC2(CC1)CN(C)C2. The van der Waals surface area contributed by atoms with Crippen molar-refractivity contribution in [3.05, 3.63) is 0 Å². The normalized spacial score (nSPS) is 32.5.